The molecule has 2 aliphatic heterocycles. The molecule has 6 atom stereocenters. The van der Waals surface area contributed by atoms with Crippen LogP contribution in [0.3, 0.4) is 0 Å². The van der Waals surface area contributed by atoms with Crippen LogP contribution >= 0.6 is 11.6 Å². The molecule has 3 aliphatic carbocycles. The first-order valence-electron chi connectivity index (χ1n) is 15.8. The molecule has 1 spiro atoms. The van der Waals surface area contributed by atoms with Crippen LogP contribution in [0.2, 0.25) is 5.02 Å². The minimum absolute atomic E-state index is 0.0979. The van der Waals surface area contributed by atoms with Gasteiger partial charge in [0.15, 0.2) is 0 Å². The summed E-state index contributed by atoms with van der Waals surface area (Å²) >= 11 is 6.40. The van der Waals surface area contributed by atoms with Crippen LogP contribution in [0.4, 0.5) is 5.69 Å². The van der Waals surface area contributed by atoms with Crippen molar-refractivity contribution < 1.29 is 23.1 Å². The Kier molecular flexibility index (Phi) is 7.54. The highest BCUT2D eigenvalue weighted by molar-refractivity contribution is 7.90. The molecule has 2 N–H and O–H groups in total. The highest BCUT2D eigenvalue weighted by Gasteiger charge is 2.45. The molecule has 9 heteroatoms. The van der Waals surface area contributed by atoms with E-state index in [0.29, 0.717) is 42.7 Å². The molecule has 0 radical (unpaired) electrons. The first-order valence-corrected chi connectivity index (χ1v) is 17.8. The summed E-state index contributed by atoms with van der Waals surface area (Å²) in [5.41, 5.74) is 3.37. The summed E-state index contributed by atoms with van der Waals surface area (Å²) in [4.78, 5) is 15.8. The first-order chi connectivity index (χ1) is 20.6. The number of rotatable bonds is 1. The van der Waals surface area contributed by atoms with Crippen molar-refractivity contribution in [1.29, 1.82) is 0 Å². The number of carbonyl (C=O) groups excluding carboxylic acids is 1. The number of nitrogens with zero attached hydrogens (tertiary/aromatic N) is 1. The number of nitrogens with one attached hydrogen (secondary N) is 1. The molecule has 7 rings (SSSR count). The second kappa shape index (κ2) is 11.1. The summed E-state index contributed by atoms with van der Waals surface area (Å²) in [6.45, 7) is 3.63. The number of fused-ring (bicyclic) bond motifs is 4. The Morgan fingerprint density at radius 3 is 2.65 bits per heavy atom. The number of anilines is 1. The van der Waals surface area contributed by atoms with Gasteiger partial charge in [0.1, 0.15) is 5.75 Å². The molecular formula is C34H41ClN2O5S. The van der Waals surface area contributed by atoms with E-state index in [1.165, 1.54) is 11.1 Å². The number of allylic oxidation sites excluding steroid dienone is 1. The normalized spacial score (nSPS) is 34.5. The van der Waals surface area contributed by atoms with Gasteiger partial charge in [-0.3, -0.25) is 4.79 Å². The van der Waals surface area contributed by atoms with Crippen molar-refractivity contribution in [3.05, 3.63) is 70.3 Å². The quantitative estimate of drug-likeness (QED) is 0.399. The van der Waals surface area contributed by atoms with E-state index >= 15 is 0 Å². The zero-order valence-corrected chi connectivity index (χ0v) is 26.2. The van der Waals surface area contributed by atoms with Crippen LogP contribution in [0.5, 0.6) is 5.75 Å². The lowest BCUT2D eigenvalue weighted by Crippen LogP contribution is -2.49. The molecule has 2 bridgehead atoms. The third-order valence-electron chi connectivity index (χ3n) is 11.0. The van der Waals surface area contributed by atoms with Crippen molar-refractivity contribution in [1.82, 2.24) is 4.72 Å². The summed E-state index contributed by atoms with van der Waals surface area (Å²) in [6.07, 6.45) is 10.8. The summed E-state index contributed by atoms with van der Waals surface area (Å²) in [5.74, 6) is 0.735. The number of amides is 1. The third kappa shape index (κ3) is 5.48. The average molecular weight is 625 g/mol. The molecular weight excluding hydrogens is 584 g/mol. The molecule has 2 aromatic rings. The fourth-order valence-corrected chi connectivity index (χ4v) is 9.68. The fourth-order valence-electron chi connectivity index (χ4n) is 8.13. The lowest BCUT2D eigenvalue weighted by molar-refractivity contribution is 0.0455. The lowest BCUT2D eigenvalue weighted by Gasteiger charge is -2.45. The largest absolute Gasteiger partial charge is 0.490 e. The number of sulfonamides is 1. The van der Waals surface area contributed by atoms with Gasteiger partial charge >= 0.3 is 0 Å². The zero-order valence-electron chi connectivity index (χ0n) is 24.7. The number of hydrogen-bond acceptors (Lipinski definition) is 6. The van der Waals surface area contributed by atoms with Gasteiger partial charge in [-0.05, 0) is 123 Å². The zero-order chi connectivity index (χ0) is 29.9. The summed E-state index contributed by atoms with van der Waals surface area (Å²) in [5, 5.41) is 11.3. The molecule has 0 saturated heterocycles. The fraction of sp³-hybridized carbons (Fsp3) is 0.559. The Bertz CT molecular complexity index is 1560. The van der Waals surface area contributed by atoms with E-state index in [1.54, 1.807) is 19.1 Å². The number of benzene rings is 2. The van der Waals surface area contributed by atoms with Gasteiger partial charge in [0, 0.05) is 29.1 Å². The second-order valence-corrected chi connectivity index (χ2v) is 16.1. The highest BCUT2D eigenvalue weighted by atomic mass is 35.5. The number of aliphatic hydroxyl groups excluding tert-OH is 1. The molecule has 1 amide bonds. The van der Waals surface area contributed by atoms with Crippen LogP contribution in [0.15, 0.2) is 48.6 Å². The second-order valence-electron chi connectivity index (χ2n) is 13.6. The van der Waals surface area contributed by atoms with Gasteiger partial charge in [0.05, 0.1) is 23.6 Å². The van der Waals surface area contributed by atoms with Crippen LogP contribution in [-0.2, 0) is 21.9 Å². The topological polar surface area (TPSA) is 95.9 Å². The first kappa shape index (κ1) is 29.2. The number of halogens is 1. The van der Waals surface area contributed by atoms with Crippen LogP contribution < -0.4 is 14.4 Å². The summed E-state index contributed by atoms with van der Waals surface area (Å²) < 4.78 is 35.9. The van der Waals surface area contributed by atoms with E-state index < -0.39 is 27.3 Å². The number of ether oxygens (including phenoxy) is 1. The van der Waals surface area contributed by atoms with E-state index in [4.69, 9.17) is 16.3 Å². The minimum atomic E-state index is -3.92. The van der Waals surface area contributed by atoms with E-state index in [2.05, 4.69) is 21.8 Å². The van der Waals surface area contributed by atoms with Crippen molar-refractivity contribution in [3.63, 3.8) is 0 Å². The summed E-state index contributed by atoms with van der Waals surface area (Å²) in [7, 11) is -3.92. The Hall–Kier alpha value is -2.55. The van der Waals surface area contributed by atoms with Gasteiger partial charge < -0.3 is 14.7 Å². The molecule has 0 unspecified atom stereocenters. The highest BCUT2D eigenvalue weighted by Crippen LogP contribution is 2.47. The van der Waals surface area contributed by atoms with Crippen molar-refractivity contribution in [3.8, 4) is 5.75 Å². The van der Waals surface area contributed by atoms with Gasteiger partial charge in [-0.15, -0.1) is 0 Å². The Morgan fingerprint density at radius 1 is 1.07 bits per heavy atom. The van der Waals surface area contributed by atoms with Gasteiger partial charge in [-0.2, -0.15) is 0 Å². The van der Waals surface area contributed by atoms with E-state index in [1.807, 2.05) is 24.3 Å². The van der Waals surface area contributed by atoms with Crippen molar-refractivity contribution >= 4 is 33.2 Å². The van der Waals surface area contributed by atoms with Crippen molar-refractivity contribution in [2.75, 3.05) is 24.6 Å². The smallest absolute Gasteiger partial charge is 0.264 e. The molecule has 230 valence electrons. The van der Waals surface area contributed by atoms with Crippen LogP contribution in [0.25, 0.3) is 0 Å². The molecule has 7 nitrogen and oxygen atoms in total. The third-order valence-corrected chi connectivity index (χ3v) is 13.0. The minimum Gasteiger partial charge on any atom is -0.490 e. The molecule has 43 heavy (non-hydrogen) atoms. The van der Waals surface area contributed by atoms with Gasteiger partial charge in [-0.1, -0.05) is 29.8 Å². The molecule has 2 heterocycles. The van der Waals surface area contributed by atoms with Crippen molar-refractivity contribution in [2.45, 2.75) is 75.1 Å². The molecule has 2 saturated carbocycles. The van der Waals surface area contributed by atoms with Gasteiger partial charge in [0.2, 0.25) is 10.0 Å². The standard InChI is InChI=1S/C34H41ClN2O5S/c1-21-27(22-7-8-22)5-2-6-31(38)28-12-9-25(28)18-37-19-34(15-3-4-23-16-26(35)11-13-29(23)34)20-42-32-14-10-24(17-30(32)37)33(39)36-43(21,40)41/h2,6,10-11,13-14,16-17,21-22,25,27-28,31,38H,3-5,7-9,12,15,18-20H2,1H3,(H,36,39)/b6-2+/t21-,25+,27+,28-,31+,34+/m1/s1. The van der Waals surface area contributed by atoms with Crippen LogP contribution in [0, 0.1) is 23.7 Å². The maximum atomic E-state index is 13.5. The van der Waals surface area contributed by atoms with E-state index in [-0.39, 0.29) is 17.3 Å². The predicted molar refractivity (Wildman–Crippen MR) is 168 cm³/mol. The summed E-state index contributed by atoms with van der Waals surface area (Å²) in [6, 6.07) is 11.5. The molecule has 2 aromatic carbocycles. The monoisotopic (exact) mass is 624 g/mol. The Morgan fingerprint density at radius 2 is 1.88 bits per heavy atom. The lowest BCUT2D eigenvalue weighted by atomic mass is 9.68. The predicted octanol–water partition coefficient (Wildman–Crippen LogP) is 5.63. The number of aryl methyl sites for hydroxylation is 1. The Balaban J connectivity index is 1.28. The average Bonchev–Trinajstić information content (AvgIpc) is 3.81. The SMILES string of the molecule is C[C@@H]1[C@@H](C2CC2)C/C=C/[C@H](O)[C@@H]2CC[C@H]2CN2C[C@@]3(CCCc4cc(Cl)ccc43)COc3ccc(cc32)C(=O)NS1(=O)=O. The number of aliphatic hydroxyl groups is 1. The van der Waals surface area contributed by atoms with Crippen LogP contribution in [0.1, 0.15) is 73.4 Å². The van der Waals surface area contributed by atoms with E-state index in [9.17, 15) is 18.3 Å². The molecule has 5 aliphatic rings. The van der Waals surface area contributed by atoms with E-state index in [0.717, 1.165) is 62.2 Å². The maximum Gasteiger partial charge on any atom is 0.264 e. The maximum absolute atomic E-state index is 13.5. The number of carbonyl (C=O) groups is 1. The van der Waals surface area contributed by atoms with Gasteiger partial charge in [0.25, 0.3) is 5.91 Å². The van der Waals surface area contributed by atoms with Crippen LogP contribution in [-0.4, -0.2) is 50.5 Å². The molecule has 0 aromatic heterocycles. The Labute approximate surface area is 259 Å². The molecule has 2 fully saturated rings. The van der Waals surface area contributed by atoms with Gasteiger partial charge in [-0.25, -0.2) is 13.1 Å². The van der Waals surface area contributed by atoms with Crippen molar-refractivity contribution in [2.24, 2.45) is 23.7 Å². The number of hydrogen-bond donors (Lipinski definition) is 2.